The van der Waals surface area contributed by atoms with Crippen molar-refractivity contribution in [2.75, 3.05) is 11.9 Å². The van der Waals surface area contributed by atoms with Crippen molar-refractivity contribution >= 4 is 27.6 Å². The summed E-state index contributed by atoms with van der Waals surface area (Å²) in [6.07, 6.45) is 2.16. The quantitative estimate of drug-likeness (QED) is 0.795. The van der Waals surface area contributed by atoms with E-state index in [0.29, 0.717) is 32.2 Å². The number of rotatable bonds is 4. The van der Waals surface area contributed by atoms with Crippen molar-refractivity contribution in [2.24, 2.45) is 5.92 Å². The number of carboxylic acid groups (broad SMARTS) is 1. The van der Waals surface area contributed by atoms with Crippen LogP contribution in [0.3, 0.4) is 0 Å². The third kappa shape index (κ3) is 3.94. The van der Waals surface area contributed by atoms with Gasteiger partial charge in [-0.05, 0) is 43.9 Å². The van der Waals surface area contributed by atoms with E-state index in [1.807, 2.05) is 24.3 Å². The molecule has 5 heteroatoms. The normalized spacial score (nSPS) is 26.9. The van der Waals surface area contributed by atoms with Gasteiger partial charge in [0.1, 0.15) is 0 Å². The first-order valence-electron chi connectivity index (χ1n) is 6.43. The summed E-state index contributed by atoms with van der Waals surface area (Å²) in [6.45, 7) is 0.454. The minimum absolute atomic E-state index is 0.300. The molecule has 3 N–H and O–H groups in total. The molecule has 0 unspecified atom stereocenters. The van der Waals surface area contributed by atoms with E-state index in [-0.39, 0.29) is 5.92 Å². The summed E-state index contributed by atoms with van der Waals surface area (Å²) >= 11 is 3.40. The number of nitrogens with one attached hydrogen (secondary N) is 1. The Morgan fingerprint density at radius 3 is 2.68 bits per heavy atom. The monoisotopic (exact) mass is 327 g/mol. The van der Waals surface area contributed by atoms with Crippen molar-refractivity contribution in [2.45, 2.75) is 31.3 Å². The molecule has 0 spiro atoms. The molecular weight excluding hydrogens is 310 g/mol. The summed E-state index contributed by atoms with van der Waals surface area (Å²) in [5, 5.41) is 22.6. The molecule has 0 aromatic heterocycles. The van der Waals surface area contributed by atoms with Crippen LogP contribution in [0.15, 0.2) is 28.7 Å². The van der Waals surface area contributed by atoms with Crippen LogP contribution in [-0.2, 0) is 4.79 Å². The number of hydrogen-bond acceptors (Lipinski definition) is 3. The van der Waals surface area contributed by atoms with Crippen LogP contribution >= 0.6 is 15.9 Å². The molecule has 1 aliphatic rings. The van der Waals surface area contributed by atoms with E-state index in [1.54, 1.807) is 0 Å². The van der Waals surface area contributed by atoms with Gasteiger partial charge in [-0.2, -0.15) is 0 Å². The number of halogens is 1. The van der Waals surface area contributed by atoms with E-state index in [2.05, 4.69) is 21.2 Å². The number of anilines is 1. The second-order valence-electron chi connectivity index (χ2n) is 5.20. The third-order valence-corrected chi connectivity index (χ3v) is 4.20. The second kappa shape index (κ2) is 5.92. The molecule has 1 fully saturated rings. The lowest BCUT2D eigenvalue weighted by atomic mass is 9.79. The fourth-order valence-corrected chi connectivity index (χ4v) is 2.84. The number of hydrogen-bond donors (Lipinski definition) is 3. The van der Waals surface area contributed by atoms with E-state index in [1.165, 1.54) is 0 Å². The zero-order valence-electron chi connectivity index (χ0n) is 10.6. The van der Waals surface area contributed by atoms with Crippen molar-refractivity contribution < 1.29 is 15.0 Å². The largest absolute Gasteiger partial charge is 0.481 e. The van der Waals surface area contributed by atoms with Gasteiger partial charge in [0.05, 0.1) is 11.5 Å². The highest BCUT2D eigenvalue weighted by Crippen LogP contribution is 2.32. The minimum atomic E-state index is -0.797. The van der Waals surface area contributed by atoms with Crippen LogP contribution in [0.4, 0.5) is 5.69 Å². The molecule has 0 bridgehead atoms. The van der Waals surface area contributed by atoms with E-state index in [0.717, 1.165) is 10.2 Å². The Morgan fingerprint density at radius 1 is 1.42 bits per heavy atom. The number of aliphatic hydroxyl groups is 1. The van der Waals surface area contributed by atoms with E-state index in [4.69, 9.17) is 5.11 Å². The Kier molecular flexibility index (Phi) is 4.47. The molecule has 4 nitrogen and oxygen atoms in total. The lowest BCUT2D eigenvalue weighted by molar-refractivity contribution is -0.144. The molecule has 2 rings (SSSR count). The SMILES string of the molecule is O=C(O)C1CCC(O)(CNc2cccc(Br)c2)CC1. The van der Waals surface area contributed by atoms with Gasteiger partial charge in [0.15, 0.2) is 0 Å². The molecule has 0 heterocycles. The molecule has 0 amide bonds. The first kappa shape index (κ1) is 14.3. The van der Waals surface area contributed by atoms with Crippen LogP contribution in [-0.4, -0.2) is 28.3 Å². The van der Waals surface area contributed by atoms with Gasteiger partial charge in [-0.3, -0.25) is 4.79 Å². The van der Waals surface area contributed by atoms with Crippen LogP contribution in [0.5, 0.6) is 0 Å². The van der Waals surface area contributed by atoms with E-state index < -0.39 is 11.6 Å². The summed E-state index contributed by atoms with van der Waals surface area (Å²) in [4.78, 5) is 10.9. The molecule has 0 saturated heterocycles. The predicted molar refractivity (Wildman–Crippen MR) is 77.2 cm³/mol. The van der Waals surface area contributed by atoms with Crippen LogP contribution in [0.25, 0.3) is 0 Å². The van der Waals surface area contributed by atoms with Gasteiger partial charge in [0.2, 0.25) is 0 Å². The van der Waals surface area contributed by atoms with Crippen LogP contribution < -0.4 is 5.32 Å². The van der Waals surface area contributed by atoms with Crippen LogP contribution in [0.2, 0.25) is 0 Å². The van der Waals surface area contributed by atoms with Crippen molar-refractivity contribution in [3.8, 4) is 0 Å². The van der Waals surface area contributed by atoms with Crippen LogP contribution in [0.1, 0.15) is 25.7 Å². The fourth-order valence-electron chi connectivity index (χ4n) is 2.44. The maximum Gasteiger partial charge on any atom is 0.306 e. The van der Waals surface area contributed by atoms with Crippen molar-refractivity contribution in [1.29, 1.82) is 0 Å². The summed E-state index contributed by atoms with van der Waals surface area (Å²) in [6, 6.07) is 7.76. The van der Waals surface area contributed by atoms with Gasteiger partial charge >= 0.3 is 5.97 Å². The maximum atomic E-state index is 10.9. The van der Waals surface area contributed by atoms with E-state index >= 15 is 0 Å². The van der Waals surface area contributed by atoms with Gasteiger partial charge in [-0.1, -0.05) is 22.0 Å². The summed E-state index contributed by atoms with van der Waals surface area (Å²) in [5.74, 6) is -1.05. The highest BCUT2D eigenvalue weighted by Gasteiger charge is 2.35. The molecule has 0 radical (unpaired) electrons. The summed E-state index contributed by atoms with van der Waals surface area (Å²) in [7, 11) is 0. The Morgan fingerprint density at radius 2 is 2.11 bits per heavy atom. The Bertz CT molecular complexity index is 456. The van der Waals surface area contributed by atoms with Crippen molar-refractivity contribution in [1.82, 2.24) is 0 Å². The van der Waals surface area contributed by atoms with Gasteiger partial charge in [0, 0.05) is 16.7 Å². The topological polar surface area (TPSA) is 69.6 Å². The van der Waals surface area contributed by atoms with Gasteiger partial charge in [-0.25, -0.2) is 0 Å². The Hall–Kier alpha value is -1.07. The molecule has 1 aliphatic carbocycles. The fraction of sp³-hybridized carbons (Fsp3) is 0.500. The smallest absolute Gasteiger partial charge is 0.306 e. The molecule has 1 aromatic carbocycles. The summed E-state index contributed by atoms with van der Waals surface area (Å²) < 4.78 is 0.985. The first-order valence-corrected chi connectivity index (χ1v) is 7.22. The van der Waals surface area contributed by atoms with Crippen molar-refractivity contribution in [3.05, 3.63) is 28.7 Å². The molecule has 104 valence electrons. The number of benzene rings is 1. The lowest BCUT2D eigenvalue weighted by Gasteiger charge is -2.35. The average molecular weight is 328 g/mol. The summed E-state index contributed by atoms with van der Waals surface area (Å²) in [5.41, 5.74) is 0.150. The van der Waals surface area contributed by atoms with Crippen LogP contribution in [0, 0.1) is 5.92 Å². The average Bonchev–Trinajstić information content (AvgIpc) is 2.37. The Labute approximate surface area is 121 Å². The van der Waals surface area contributed by atoms with E-state index in [9.17, 15) is 9.90 Å². The maximum absolute atomic E-state index is 10.9. The standard InChI is InChI=1S/C14H18BrNO3/c15-11-2-1-3-12(8-11)16-9-14(19)6-4-10(5-7-14)13(17)18/h1-3,8,10,16,19H,4-7,9H2,(H,17,18). The first-order chi connectivity index (χ1) is 8.98. The van der Waals surface area contributed by atoms with Gasteiger partial charge < -0.3 is 15.5 Å². The molecule has 0 atom stereocenters. The number of carbonyl (C=O) groups is 1. The zero-order valence-corrected chi connectivity index (χ0v) is 12.2. The number of aliphatic carboxylic acids is 1. The van der Waals surface area contributed by atoms with Crippen molar-refractivity contribution in [3.63, 3.8) is 0 Å². The second-order valence-corrected chi connectivity index (χ2v) is 6.12. The number of carboxylic acids is 1. The highest BCUT2D eigenvalue weighted by molar-refractivity contribution is 9.10. The highest BCUT2D eigenvalue weighted by atomic mass is 79.9. The van der Waals surface area contributed by atoms with Gasteiger partial charge in [0.25, 0.3) is 0 Å². The van der Waals surface area contributed by atoms with Gasteiger partial charge in [-0.15, -0.1) is 0 Å². The zero-order chi connectivity index (χ0) is 13.9. The Balaban J connectivity index is 1.88. The molecule has 0 aliphatic heterocycles. The molecule has 1 aromatic rings. The molecular formula is C14H18BrNO3. The predicted octanol–water partition coefficient (Wildman–Crippen LogP) is 2.87. The lowest BCUT2D eigenvalue weighted by Crippen LogP contribution is -2.41. The minimum Gasteiger partial charge on any atom is -0.481 e. The molecule has 19 heavy (non-hydrogen) atoms. The third-order valence-electron chi connectivity index (χ3n) is 3.71. The molecule has 1 saturated carbocycles.